The van der Waals surface area contributed by atoms with E-state index in [1.54, 1.807) is 6.20 Å². The first-order valence-electron chi connectivity index (χ1n) is 6.83. The molecule has 0 bridgehead atoms. The Morgan fingerprint density at radius 2 is 2.29 bits per heavy atom. The molecule has 2 heterocycles. The van der Waals surface area contributed by atoms with E-state index in [2.05, 4.69) is 26.5 Å². The van der Waals surface area contributed by atoms with Crippen LogP contribution in [-0.4, -0.2) is 52.5 Å². The molecule has 1 aromatic rings. The van der Waals surface area contributed by atoms with Gasteiger partial charge in [-0.1, -0.05) is 30.0 Å². The van der Waals surface area contributed by atoms with Crippen molar-refractivity contribution in [3.8, 4) is 0 Å². The number of morpholine rings is 1. The molecule has 0 saturated carbocycles. The highest BCUT2D eigenvalue weighted by molar-refractivity contribution is 8.22. The molecule has 0 amide bonds. The Kier molecular flexibility index (Phi) is 6.56. The first-order chi connectivity index (χ1) is 10.2. The van der Waals surface area contributed by atoms with Gasteiger partial charge in [0.1, 0.15) is 0 Å². The van der Waals surface area contributed by atoms with Crippen LogP contribution in [0.1, 0.15) is 18.2 Å². The number of pyridine rings is 1. The van der Waals surface area contributed by atoms with E-state index in [0.29, 0.717) is 4.32 Å². The van der Waals surface area contributed by atoms with Crippen LogP contribution in [0.5, 0.6) is 0 Å². The maximum absolute atomic E-state index is 5.38. The highest BCUT2D eigenvalue weighted by atomic mass is 32.2. The average molecular weight is 324 g/mol. The minimum Gasteiger partial charge on any atom is -0.379 e. The molecule has 1 aliphatic rings. The maximum atomic E-state index is 5.38. The van der Waals surface area contributed by atoms with Crippen LogP contribution < -0.4 is 5.43 Å². The molecule has 1 aliphatic heterocycles. The van der Waals surface area contributed by atoms with Gasteiger partial charge in [0.25, 0.3) is 0 Å². The number of hydrogen-bond acceptors (Lipinski definition) is 6. The number of thioether (sulfide) groups is 1. The van der Waals surface area contributed by atoms with E-state index in [1.807, 2.05) is 19.2 Å². The predicted octanol–water partition coefficient (Wildman–Crippen LogP) is 1.88. The third-order valence-electron chi connectivity index (χ3n) is 3.23. The fraction of sp³-hybridized carbons (Fsp3) is 0.500. The van der Waals surface area contributed by atoms with E-state index in [0.717, 1.165) is 44.3 Å². The van der Waals surface area contributed by atoms with Crippen molar-refractivity contribution in [1.82, 2.24) is 15.3 Å². The number of ether oxygens (including phenoxy) is 1. The summed E-state index contributed by atoms with van der Waals surface area (Å²) in [7, 11) is 0. The number of hydrazone groups is 1. The van der Waals surface area contributed by atoms with Crippen molar-refractivity contribution >= 4 is 34.0 Å². The standard InChI is InChI=1S/C14H20N4OS2/c1-11(16-17-14(20)21-2)13-12(4-3-5-15-13)10-18-6-8-19-9-7-18/h3-5H,6-10H2,1-2H3,(H,17,20)/b16-11+. The van der Waals surface area contributed by atoms with Crippen LogP contribution >= 0.6 is 24.0 Å². The Bertz CT molecular complexity index is 515. The van der Waals surface area contributed by atoms with Crippen molar-refractivity contribution in [2.24, 2.45) is 5.10 Å². The maximum Gasteiger partial charge on any atom is 0.153 e. The molecule has 1 fully saturated rings. The lowest BCUT2D eigenvalue weighted by atomic mass is 10.1. The largest absolute Gasteiger partial charge is 0.379 e. The van der Waals surface area contributed by atoms with E-state index in [4.69, 9.17) is 17.0 Å². The lowest BCUT2D eigenvalue weighted by Crippen LogP contribution is -2.36. The van der Waals surface area contributed by atoms with Crippen LogP contribution in [0.15, 0.2) is 23.4 Å². The van der Waals surface area contributed by atoms with E-state index >= 15 is 0 Å². The van der Waals surface area contributed by atoms with Gasteiger partial charge < -0.3 is 4.74 Å². The van der Waals surface area contributed by atoms with Crippen molar-refractivity contribution in [2.45, 2.75) is 13.5 Å². The molecule has 1 N–H and O–H groups in total. The summed E-state index contributed by atoms with van der Waals surface area (Å²) in [5.41, 5.74) is 5.81. The van der Waals surface area contributed by atoms with E-state index < -0.39 is 0 Å². The summed E-state index contributed by atoms with van der Waals surface area (Å²) < 4.78 is 6.04. The molecule has 7 heteroatoms. The zero-order valence-electron chi connectivity index (χ0n) is 12.3. The van der Waals surface area contributed by atoms with Gasteiger partial charge in [-0.05, 0) is 24.8 Å². The summed E-state index contributed by atoms with van der Waals surface area (Å²) in [6.07, 6.45) is 3.72. The van der Waals surface area contributed by atoms with Crippen LogP contribution in [0.2, 0.25) is 0 Å². The molecule has 0 unspecified atom stereocenters. The molecule has 1 saturated heterocycles. The molecule has 114 valence electrons. The number of aromatic nitrogens is 1. The van der Waals surface area contributed by atoms with Crippen molar-refractivity contribution in [3.05, 3.63) is 29.6 Å². The Balaban J connectivity index is 2.10. The Hall–Kier alpha value is -1.02. The van der Waals surface area contributed by atoms with Gasteiger partial charge in [-0.2, -0.15) is 5.10 Å². The van der Waals surface area contributed by atoms with Crippen LogP contribution in [0.25, 0.3) is 0 Å². The number of thiocarbonyl (C=S) groups is 1. The third kappa shape index (κ3) is 5.03. The van der Waals surface area contributed by atoms with Crippen molar-refractivity contribution in [2.75, 3.05) is 32.6 Å². The van der Waals surface area contributed by atoms with Gasteiger partial charge >= 0.3 is 0 Å². The predicted molar refractivity (Wildman–Crippen MR) is 91.8 cm³/mol. The molecule has 2 rings (SSSR count). The van der Waals surface area contributed by atoms with Gasteiger partial charge in [0.2, 0.25) is 0 Å². The average Bonchev–Trinajstić information content (AvgIpc) is 2.53. The molecule has 1 aromatic heterocycles. The zero-order chi connectivity index (χ0) is 15.1. The summed E-state index contributed by atoms with van der Waals surface area (Å²) >= 11 is 6.55. The third-order valence-corrected chi connectivity index (χ3v) is 4.29. The van der Waals surface area contributed by atoms with Crippen LogP contribution in [0.3, 0.4) is 0 Å². The lowest BCUT2D eigenvalue weighted by molar-refractivity contribution is 0.0341. The first kappa shape index (κ1) is 16.4. The van der Waals surface area contributed by atoms with E-state index in [1.165, 1.54) is 17.3 Å². The van der Waals surface area contributed by atoms with Crippen molar-refractivity contribution in [3.63, 3.8) is 0 Å². The Morgan fingerprint density at radius 1 is 1.52 bits per heavy atom. The van der Waals surface area contributed by atoms with Crippen molar-refractivity contribution < 1.29 is 4.74 Å². The Labute approximate surface area is 135 Å². The number of rotatable bonds is 4. The van der Waals surface area contributed by atoms with Gasteiger partial charge in [0.15, 0.2) is 4.32 Å². The summed E-state index contributed by atoms with van der Waals surface area (Å²) in [5, 5.41) is 4.32. The lowest BCUT2D eigenvalue weighted by Gasteiger charge is -2.27. The van der Waals surface area contributed by atoms with Gasteiger partial charge in [-0.25, -0.2) is 0 Å². The quantitative estimate of drug-likeness (QED) is 0.518. The van der Waals surface area contributed by atoms with Crippen LogP contribution in [-0.2, 0) is 11.3 Å². The SMILES string of the molecule is CSC(=S)N/N=C(\C)c1ncccc1CN1CCOCC1. The molecular formula is C14H20N4OS2. The topological polar surface area (TPSA) is 49.8 Å². The zero-order valence-corrected chi connectivity index (χ0v) is 14.0. The number of nitrogens with zero attached hydrogens (tertiary/aromatic N) is 3. The molecule has 5 nitrogen and oxygen atoms in total. The second-order valence-corrected chi connectivity index (χ2v) is 6.18. The smallest absolute Gasteiger partial charge is 0.153 e. The minimum absolute atomic E-state index is 0.653. The highest BCUT2D eigenvalue weighted by Gasteiger charge is 2.14. The molecule has 0 radical (unpaired) electrons. The second kappa shape index (κ2) is 8.43. The van der Waals surface area contributed by atoms with Crippen molar-refractivity contribution in [1.29, 1.82) is 0 Å². The summed E-state index contributed by atoms with van der Waals surface area (Å²) in [6.45, 7) is 6.32. The molecule has 0 aromatic carbocycles. The van der Waals surface area contributed by atoms with Crippen LogP contribution in [0, 0.1) is 0 Å². The van der Waals surface area contributed by atoms with E-state index in [9.17, 15) is 0 Å². The second-order valence-electron chi connectivity index (χ2n) is 4.70. The van der Waals surface area contributed by atoms with Gasteiger partial charge in [-0.3, -0.25) is 15.3 Å². The molecule has 0 aliphatic carbocycles. The number of nitrogens with one attached hydrogen (secondary N) is 1. The number of hydrogen-bond donors (Lipinski definition) is 1. The molecule has 0 atom stereocenters. The normalized spacial score (nSPS) is 16.8. The minimum atomic E-state index is 0.653. The molecular weight excluding hydrogens is 304 g/mol. The highest BCUT2D eigenvalue weighted by Crippen LogP contribution is 2.12. The van der Waals surface area contributed by atoms with E-state index in [-0.39, 0.29) is 0 Å². The fourth-order valence-corrected chi connectivity index (χ4v) is 2.30. The molecule has 21 heavy (non-hydrogen) atoms. The van der Waals surface area contributed by atoms with Gasteiger partial charge in [-0.15, -0.1) is 0 Å². The summed E-state index contributed by atoms with van der Waals surface area (Å²) in [6, 6.07) is 4.07. The molecule has 0 spiro atoms. The fourth-order valence-electron chi connectivity index (χ4n) is 2.12. The van der Waals surface area contributed by atoms with Crippen LogP contribution in [0.4, 0.5) is 0 Å². The Morgan fingerprint density at radius 3 is 3.00 bits per heavy atom. The van der Waals surface area contributed by atoms with Gasteiger partial charge in [0, 0.05) is 25.8 Å². The van der Waals surface area contributed by atoms with Gasteiger partial charge in [0.05, 0.1) is 24.6 Å². The monoisotopic (exact) mass is 324 g/mol. The first-order valence-corrected chi connectivity index (χ1v) is 8.46. The summed E-state index contributed by atoms with van der Waals surface area (Å²) in [5.74, 6) is 0. The summed E-state index contributed by atoms with van der Waals surface area (Å²) in [4.78, 5) is 6.84.